The van der Waals surface area contributed by atoms with Crippen molar-refractivity contribution in [2.24, 2.45) is 5.92 Å². The summed E-state index contributed by atoms with van der Waals surface area (Å²) in [5.74, 6) is 0.0525. The predicted octanol–water partition coefficient (Wildman–Crippen LogP) is 3.69. The predicted molar refractivity (Wildman–Crippen MR) is 78.7 cm³/mol. The van der Waals surface area contributed by atoms with Crippen LogP contribution in [-0.4, -0.2) is 15.7 Å². The van der Waals surface area contributed by atoms with Gasteiger partial charge in [-0.3, -0.25) is 9.48 Å². The van der Waals surface area contributed by atoms with Gasteiger partial charge in [0, 0.05) is 12.1 Å². The number of benzene rings is 1. The normalized spacial score (nSPS) is 15.3. The molecule has 2 aromatic rings. The standard InChI is InChI=1S/C16H16F3N3O/c17-16(18,19)13-6-1-3-11(7-13)9-22-10-14(8-20-22)21-15(23)12-4-2-5-12/h1,3,6-8,10,12H,2,4-5,9H2,(H,21,23). The Kier molecular flexibility index (Phi) is 4.11. The first-order valence-corrected chi connectivity index (χ1v) is 7.41. The highest BCUT2D eigenvalue weighted by Crippen LogP contribution is 2.30. The molecule has 1 amide bonds. The van der Waals surface area contributed by atoms with E-state index in [-0.39, 0.29) is 18.4 Å². The summed E-state index contributed by atoms with van der Waals surface area (Å²) in [6, 6.07) is 5.13. The molecular weight excluding hydrogens is 307 g/mol. The van der Waals surface area contributed by atoms with Crippen LogP contribution in [-0.2, 0) is 17.5 Å². The van der Waals surface area contributed by atoms with Gasteiger partial charge in [0.15, 0.2) is 0 Å². The highest BCUT2D eigenvalue weighted by atomic mass is 19.4. The molecule has 1 aliphatic carbocycles. The third-order valence-corrected chi connectivity index (χ3v) is 3.98. The first-order valence-electron chi connectivity index (χ1n) is 7.41. The Morgan fingerprint density at radius 2 is 2.13 bits per heavy atom. The van der Waals surface area contributed by atoms with Crippen LogP contribution in [0.5, 0.6) is 0 Å². The first-order chi connectivity index (χ1) is 10.9. The van der Waals surface area contributed by atoms with E-state index >= 15 is 0 Å². The second-order valence-corrected chi connectivity index (χ2v) is 5.74. The monoisotopic (exact) mass is 323 g/mol. The van der Waals surface area contributed by atoms with Crippen LogP contribution < -0.4 is 5.32 Å². The minimum absolute atomic E-state index is 0.0186. The molecule has 0 aliphatic heterocycles. The number of hydrogen-bond donors (Lipinski definition) is 1. The lowest BCUT2D eigenvalue weighted by Crippen LogP contribution is -2.27. The minimum Gasteiger partial charge on any atom is -0.323 e. The third-order valence-electron chi connectivity index (χ3n) is 3.98. The van der Waals surface area contributed by atoms with Crippen molar-refractivity contribution in [2.75, 3.05) is 5.32 Å². The minimum atomic E-state index is -4.36. The van der Waals surface area contributed by atoms with E-state index in [4.69, 9.17) is 0 Å². The Bertz CT molecular complexity index is 705. The Morgan fingerprint density at radius 3 is 2.78 bits per heavy atom. The smallest absolute Gasteiger partial charge is 0.323 e. The molecule has 0 radical (unpaired) electrons. The maximum Gasteiger partial charge on any atom is 0.416 e. The van der Waals surface area contributed by atoms with E-state index < -0.39 is 11.7 Å². The van der Waals surface area contributed by atoms with E-state index in [1.165, 1.54) is 16.9 Å². The molecule has 1 N–H and O–H groups in total. The molecule has 1 aromatic carbocycles. The number of nitrogens with one attached hydrogen (secondary N) is 1. The molecule has 1 heterocycles. The van der Waals surface area contributed by atoms with Gasteiger partial charge >= 0.3 is 6.18 Å². The van der Waals surface area contributed by atoms with Gasteiger partial charge in [-0.05, 0) is 30.5 Å². The maximum atomic E-state index is 12.7. The molecule has 23 heavy (non-hydrogen) atoms. The Morgan fingerprint density at radius 1 is 1.35 bits per heavy atom. The van der Waals surface area contributed by atoms with Crippen molar-refractivity contribution in [1.29, 1.82) is 0 Å². The van der Waals surface area contributed by atoms with Crippen molar-refractivity contribution in [3.8, 4) is 0 Å². The van der Waals surface area contributed by atoms with E-state index in [1.807, 2.05) is 0 Å². The highest BCUT2D eigenvalue weighted by Gasteiger charge is 2.30. The number of halogens is 3. The van der Waals surface area contributed by atoms with Crippen molar-refractivity contribution < 1.29 is 18.0 Å². The van der Waals surface area contributed by atoms with E-state index in [0.29, 0.717) is 11.3 Å². The zero-order chi connectivity index (χ0) is 16.4. The molecule has 0 saturated heterocycles. The first kappa shape index (κ1) is 15.6. The van der Waals surface area contributed by atoms with Gasteiger partial charge in [-0.15, -0.1) is 0 Å². The Labute approximate surface area is 131 Å². The number of amides is 1. The fraction of sp³-hybridized carbons (Fsp3) is 0.375. The summed E-state index contributed by atoms with van der Waals surface area (Å²) in [5, 5.41) is 6.86. The number of alkyl halides is 3. The van der Waals surface area contributed by atoms with Crippen LogP contribution in [0.2, 0.25) is 0 Å². The third kappa shape index (κ3) is 3.72. The largest absolute Gasteiger partial charge is 0.416 e. The van der Waals surface area contributed by atoms with Crippen LogP contribution >= 0.6 is 0 Å². The summed E-state index contributed by atoms with van der Waals surface area (Å²) in [6.07, 6.45) is 1.66. The highest BCUT2D eigenvalue weighted by molar-refractivity contribution is 5.92. The molecule has 1 fully saturated rings. The molecule has 1 aromatic heterocycles. The van der Waals surface area contributed by atoms with E-state index in [0.717, 1.165) is 31.4 Å². The van der Waals surface area contributed by atoms with Crippen LogP contribution in [0.4, 0.5) is 18.9 Å². The maximum absolute atomic E-state index is 12.7. The molecular formula is C16H16F3N3O. The van der Waals surface area contributed by atoms with Crippen molar-refractivity contribution >= 4 is 11.6 Å². The number of carbonyl (C=O) groups excluding carboxylic acids is 1. The fourth-order valence-corrected chi connectivity index (χ4v) is 2.46. The van der Waals surface area contributed by atoms with Gasteiger partial charge in [-0.2, -0.15) is 18.3 Å². The van der Waals surface area contributed by atoms with Gasteiger partial charge in [-0.1, -0.05) is 18.6 Å². The molecule has 0 atom stereocenters. The zero-order valence-corrected chi connectivity index (χ0v) is 12.3. The van der Waals surface area contributed by atoms with Crippen LogP contribution in [0.15, 0.2) is 36.7 Å². The average Bonchev–Trinajstić information content (AvgIpc) is 2.83. The van der Waals surface area contributed by atoms with Gasteiger partial charge in [-0.25, -0.2) is 0 Å². The number of hydrogen-bond acceptors (Lipinski definition) is 2. The summed E-state index contributed by atoms with van der Waals surface area (Å²) in [7, 11) is 0. The fourth-order valence-electron chi connectivity index (χ4n) is 2.46. The quantitative estimate of drug-likeness (QED) is 0.933. The lowest BCUT2D eigenvalue weighted by Gasteiger charge is -2.23. The zero-order valence-electron chi connectivity index (χ0n) is 12.3. The number of anilines is 1. The van der Waals surface area contributed by atoms with Gasteiger partial charge in [0.1, 0.15) is 0 Å². The van der Waals surface area contributed by atoms with E-state index in [9.17, 15) is 18.0 Å². The molecule has 3 rings (SSSR count). The van der Waals surface area contributed by atoms with Crippen molar-refractivity contribution in [3.05, 3.63) is 47.8 Å². The van der Waals surface area contributed by atoms with Crippen LogP contribution in [0, 0.1) is 5.92 Å². The van der Waals surface area contributed by atoms with Crippen molar-refractivity contribution in [3.63, 3.8) is 0 Å². The van der Waals surface area contributed by atoms with E-state index in [2.05, 4.69) is 10.4 Å². The number of rotatable bonds is 4. The Hall–Kier alpha value is -2.31. The van der Waals surface area contributed by atoms with Crippen LogP contribution in [0.1, 0.15) is 30.4 Å². The van der Waals surface area contributed by atoms with Gasteiger partial charge in [0.2, 0.25) is 5.91 Å². The lowest BCUT2D eigenvalue weighted by molar-refractivity contribution is -0.137. The molecule has 4 nitrogen and oxygen atoms in total. The summed E-state index contributed by atoms with van der Waals surface area (Å²) in [6.45, 7) is 0.212. The second kappa shape index (κ2) is 6.06. The molecule has 0 bridgehead atoms. The second-order valence-electron chi connectivity index (χ2n) is 5.74. The molecule has 0 unspecified atom stereocenters. The van der Waals surface area contributed by atoms with Crippen LogP contribution in [0.25, 0.3) is 0 Å². The summed E-state index contributed by atoms with van der Waals surface area (Å²) < 4.78 is 39.6. The lowest BCUT2D eigenvalue weighted by atomic mass is 9.85. The number of aromatic nitrogens is 2. The summed E-state index contributed by atoms with van der Waals surface area (Å²) in [5.41, 5.74) is 0.384. The molecule has 1 saturated carbocycles. The van der Waals surface area contributed by atoms with Gasteiger partial charge in [0.05, 0.1) is 24.0 Å². The molecule has 1 aliphatic rings. The summed E-state index contributed by atoms with van der Waals surface area (Å²) in [4.78, 5) is 11.8. The number of nitrogens with zero attached hydrogens (tertiary/aromatic N) is 2. The molecule has 7 heteroatoms. The van der Waals surface area contributed by atoms with Crippen molar-refractivity contribution in [1.82, 2.24) is 9.78 Å². The number of carbonyl (C=O) groups is 1. The summed E-state index contributed by atoms with van der Waals surface area (Å²) >= 11 is 0. The Balaban J connectivity index is 1.66. The van der Waals surface area contributed by atoms with E-state index in [1.54, 1.807) is 12.3 Å². The van der Waals surface area contributed by atoms with Gasteiger partial charge < -0.3 is 5.32 Å². The van der Waals surface area contributed by atoms with Gasteiger partial charge in [0.25, 0.3) is 0 Å². The molecule has 122 valence electrons. The van der Waals surface area contributed by atoms with Crippen molar-refractivity contribution in [2.45, 2.75) is 32.0 Å². The van der Waals surface area contributed by atoms with Crippen LogP contribution in [0.3, 0.4) is 0 Å². The molecule has 0 spiro atoms. The topological polar surface area (TPSA) is 46.9 Å². The SMILES string of the molecule is O=C(Nc1cnn(Cc2cccc(C(F)(F)F)c2)c1)C1CCC1. The average molecular weight is 323 g/mol.